The summed E-state index contributed by atoms with van der Waals surface area (Å²) in [5.41, 5.74) is 0.360. The van der Waals surface area contributed by atoms with Crippen molar-refractivity contribution in [1.29, 1.82) is 0 Å². The van der Waals surface area contributed by atoms with Gasteiger partial charge in [-0.3, -0.25) is 0 Å². The Kier molecular flexibility index (Phi) is 7.25. The highest BCUT2D eigenvalue weighted by Crippen LogP contribution is 2.15. The number of carbonyl (C=O) groups excluding carboxylic acids is 1. The molecule has 1 aromatic carbocycles. The minimum absolute atomic E-state index is 0.214. The largest absolute Gasteiger partial charge is 0.444 e. The lowest BCUT2D eigenvalue weighted by Crippen LogP contribution is -2.39. The van der Waals surface area contributed by atoms with Crippen molar-refractivity contribution in [1.82, 2.24) is 10.0 Å². The first-order valence-corrected chi connectivity index (χ1v) is 9.65. The van der Waals surface area contributed by atoms with Gasteiger partial charge in [0.25, 0.3) is 0 Å². The summed E-state index contributed by atoms with van der Waals surface area (Å²) >= 11 is 0. The maximum atomic E-state index is 12.3. The number of rotatable bonds is 7. The molecule has 1 aromatic rings. The van der Waals surface area contributed by atoms with Crippen molar-refractivity contribution in [2.24, 2.45) is 0 Å². The van der Waals surface area contributed by atoms with Gasteiger partial charge in [-0.15, -0.1) is 0 Å². The van der Waals surface area contributed by atoms with E-state index in [-0.39, 0.29) is 17.5 Å². The summed E-state index contributed by atoms with van der Waals surface area (Å²) < 4.78 is 32.2. The molecule has 8 heteroatoms. The van der Waals surface area contributed by atoms with Crippen LogP contribution in [0.15, 0.2) is 29.2 Å². The first-order valence-electron chi connectivity index (χ1n) is 8.17. The van der Waals surface area contributed by atoms with Crippen molar-refractivity contribution in [3.05, 3.63) is 24.3 Å². The summed E-state index contributed by atoms with van der Waals surface area (Å²) in [7, 11) is 0.211. The topological polar surface area (TPSA) is 87.7 Å². The lowest BCUT2D eigenvalue weighted by atomic mass is 10.2. The van der Waals surface area contributed by atoms with E-state index in [1.807, 2.05) is 19.0 Å². The van der Waals surface area contributed by atoms with Crippen LogP contribution in [0.1, 0.15) is 34.1 Å². The number of alkyl carbamates (subject to hydrolysis) is 1. The van der Waals surface area contributed by atoms with Gasteiger partial charge in [-0.2, -0.15) is 0 Å². The second kappa shape index (κ2) is 8.53. The average molecular weight is 372 g/mol. The predicted octanol–water partition coefficient (Wildman–Crippen LogP) is 2.33. The fourth-order valence-corrected chi connectivity index (χ4v) is 3.05. The fraction of sp³-hybridized carbons (Fsp3) is 0.588. The Bertz CT molecular complexity index is 664. The Morgan fingerprint density at radius 3 is 2.24 bits per heavy atom. The first kappa shape index (κ1) is 21.2. The third-order valence-electron chi connectivity index (χ3n) is 3.30. The zero-order chi connectivity index (χ0) is 19.3. The molecule has 0 aliphatic carbocycles. The minimum atomic E-state index is -3.57. The Labute approximate surface area is 150 Å². The second-order valence-electron chi connectivity index (χ2n) is 7.12. The molecule has 1 amide bonds. The van der Waals surface area contributed by atoms with E-state index in [0.29, 0.717) is 6.42 Å². The molecule has 0 saturated heterocycles. The van der Waals surface area contributed by atoms with Crippen LogP contribution in [0.2, 0.25) is 0 Å². The molecule has 0 spiro atoms. The molecule has 0 fully saturated rings. The zero-order valence-corrected chi connectivity index (χ0v) is 16.6. The van der Waals surface area contributed by atoms with Gasteiger partial charge in [-0.25, -0.2) is 17.9 Å². The van der Waals surface area contributed by atoms with E-state index in [2.05, 4.69) is 10.0 Å². The molecule has 25 heavy (non-hydrogen) atoms. The van der Waals surface area contributed by atoms with Gasteiger partial charge in [0, 0.05) is 32.4 Å². The molecule has 1 atom stereocenters. The number of anilines is 1. The smallest absolute Gasteiger partial charge is 0.407 e. The maximum absolute atomic E-state index is 12.3. The van der Waals surface area contributed by atoms with Crippen molar-refractivity contribution >= 4 is 21.8 Å². The fourth-order valence-electron chi connectivity index (χ4n) is 2.00. The van der Waals surface area contributed by atoms with Crippen molar-refractivity contribution in [2.45, 2.75) is 50.7 Å². The number of carbonyl (C=O) groups is 1. The summed E-state index contributed by atoms with van der Waals surface area (Å²) in [6.07, 6.45) is -0.0593. The molecule has 1 rings (SSSR count). The summed E-state index contributed by atoms with van der Waals surface area (Å²) in [4.78, 5) is 13.8. The average Bonchev–Trinajstić information content (AvgIpc) is 2.44. The molecule has 0 heterocycles. The highest BCUT2D eigenvalue weighted by atomic mass is 32.2. The lowest BCUT2D eigenvalue weighted by Gasteiger charge is -2.22. The highest BCUT2D eigenvalue weighted by Gasteiger charge is 2.18. The number of hydrogen-bond donors (Lipinski definition) is 2. The van der Waals surface area contributed by atoms with Crippen LogP contribution < -0.4 is 14.9 Å². The third-order valence-corrected chi connectivity index (χ3v) is 4.77. The number of nitrogens with one attached hydrogen (secondary N) is 2. The van der Waals surface area contributed by atoms with Gasteiger partial charge in [-0.1, -0.05) is 0 Å². The van der Waals surface area contributed by atoms with Crippen LogP contribution in [0.5, 0.6) is 0 Å². The number of hydrogen-bond acceptors (Lipinski definition) is 5. The van der Waals surface area contributed by atoms with Gasteiger partial charge in [0.2, 0.25) is 10.0 Å². The molecule has 0 saturated carbocycles. The number of ether oxygens (including phenoxy) is 1. The molecule has 0 radical (unpaired) electrons. The van der Waals surface area contributed by atoms with E-state index in [0.717, 1.165) is 5.69 Å². The molecule has 7 nitrogen and oxygen atoms in total. The molecular formula is C17H29N3O4S. The molecule has 0 bridgehead atoms. The number of nitrogens with zero attached hydrogens (tertiary/aromatic N) is 1. The van der Waals surface area contributed by atoms with E-state index < -0.39 is 21.7 Å². The van der Waals surface area contributed by atoms with Gasteiger partial charge in [-0.05, 0) is 58.4 Å². The summed E-state index contributed by atoms with van der Waals surface area (Å²) in [5.74, 6) is 0. The van der Waals surface area contributed by atoms with Gasteiger partial charge >= 0.3 is 6.09 Å². The molecule has 2 N–H and O–H groups in total. The van der Waals surface area contributed by atoms with Crippen molar-refractivity contribution in [2.75, 3.05) is 25.5 Å². The first-order chi connectivity index (χ1) is 11.4. The molecule has 0 aliphatic rings. The Morgan fingerprint density at radius 2 is 1.76 bits per heavy atom. The summed E-state index contributed by atoms with van der Waals surface area (Å²) in [6, 6.07) is 6.43. The zero-order valence-electron chi connectivity index (χ0n) is 15.8. The summed E-state index contributed by atoms with van der Waals surface area (Å²) in [6.45, 7) is 7.37. The molecule has 142 valence electrons. The Morgan fingerprint density at radius 1 is 1.20 bits per heavy atom. The van der Waals surface area contributed by atoms with Crippen LogP contribution in [0.3, 0.4) is 0 Å². The molecular weight excluding hydrogens is 342 g/mol. The van der Waals surface area contributed by atoms with E-state index >= 15 is 0 Å². The standard InChI is InChI=1S/C17H29N3O4S/c1-13(19-16(21)24-17(2,3)4)11-12-18-25(22,23)15-9-7-14(8-10-15)20(5)6/h7-10,13,18H,11-12H2,1-6H3,(H,19,21). The third kappa shape index (κ3) is 7.74. The van der Waals surface area contributed by atoms with Gasteiger partial charge in [0.1, 0.15) is 5.60 Å². The van der Waals surface area contributed by atoms with Crippen LogP contribution in [-0.4, -0.2) is 46.8 Å². The summed E-state index contributed by atoms with van der Waals surface area (Å²) in [5, 5.41) is 2.68. The Hall–Kier alpha value is -1.80. The highest BCUT2D eigenvalue weighted by molar-refractivity contribution is 7.89. The normalized spacial score (nSPS) is 13.2. The van der Waals surface area contributed by atoms with Crippen molar-refractivity contribution in [3.8, 4) is 0 Å². The van der Waals surface area contributed by atoms with E-state index in [4.69, 9.17) is 4.74 Å². The van der Waals surface area contributed by atoms with Crippen molar-refractivity contribution < 1.29 is 17.9 Å². The monoisotopic (exact) mass is 371 g/mol. The van der Waals surface area contributed by atoms with E-state index in [1.54, 1.807) is 52.0 Å². The van der Waals surface area contributed by atoms with Gasteiger partial charge in [0.15, 0.2) is 0 Å². The van der Waals surface area contributed by atoms with Crippen LogP contribution in [0.4, 0.5) is 10.5 Å². The number of benzene rings is 1. The van der Waals surface area contributed by atoms with E-state index in [1.165, 1.54) is 0 Å². The van der Waals surface area contributed by atoms with Crippen molar-refractivity contribution in [3.63, 3.8) is 0 Å². The molecule has 0 aromatic heterocycles. The SMILES string of the molecule is CC(CCNS(=O)(=O)c1ccc(N(C)C)cc1)NC(=O)OC(C)(C)C. The number of amides is 1. The second-order valence-corrected chi connectivity index (χ2v) is 8.89. The molecule has 0 aliphatic heterocycles. The lowest BCUT2D eigenvalue weighted by molar-refractivity contribution is 0.0507. The quantitative estimate of drug-likeness (QED) is 0.768. The number of sulfonamides is 1. The molecule has 1 unspecified atom stereocenters. The van der Waals surface area contributed by atoms with Crippen LogP contribution >= 0.6 is 0 Å². The van der Waals surface area contributed by atoms with Gasteiger partial charge in [0.05, 0.1) is 4.90 Å². The van der Waals surface area contributed by atoms with Crippen LogP contribution in [0.25, 0.3) is 0 Å². The maximum Gasteiger partial charge on any atom is 0.407 e. The Balaban J connectivity index is 2.49. The predicted molar refractivity (Wildman–Crippen MR) is 99.4 cm³/mol. The van der Waals surface area contributed by atoms with Crippen LogP contribution in [-0.2, 0) is 14.8 Å². The minimum Gasteiger partial charge on any atom is -0.444 e. The van der Waals surface area contributed by atoms with Gasteiger partial charge < -0.3 is 15.0 Å². The van der Waals surface area contributed by atoms with Crippen LogP contribution in [0, 0.1) is 0 Å². The van der Waals surface area contributed by atoms with E-state index in [9.17, 15) is 13.2 Å².